The van der Waals surface area contributed by atoms with Gasteiger partial charge >= 0.3 is 0 Å². The van der Waals surface area contributed by atoms with E-state index in [2.05, 4.69) is 15.6 Å². The molecule has 1 aromatic heterocycles. The molecule has 1 N–H and O–H groups in total. The zero-order valence-electron chi connectivity index (χ0n) is 9.85. The Morgan fingerprint density at radius 2 is 2.37 bits per heavy atom. The predicted molar refractivity (Wildman–Crippen MR) is 66.3 cm³/mol. The first-order valence-electron chi connectivity index (χ1n) is 5.47. The van der Waals surface area contributed by atoms with Crippen LogP contribution in [0.25, 0.3) is 0 Å². The van der Waals surface area contributed by atoms with Crippen molar-refractivity contribution in [2.75, 3.05) is 11.9 Å². The smallest absolute Gasteiger partial charge is 0.287 e. The first kappa shape index (κ1) is 12.5. The fraction of sp³-hybridized carbons (Fsp3) is 0.182. The van der Waals surface area contributed by atoms with Crippen LogP contribution in [0.5, 0.6) is 0 Å². The maximum absolute atomic E-state index is 10.7. The van der Waals surface area contributed by atoms with Crippen LogP contribution in [0.15, 0.2) is 30.6 Å². The van der Waals surface area contributed by atoms with Gasteiger partial charge in [0.05, 0.1) is 17.7 Å². The zero-order valence-corrected chi connectivity index (χ0v) is 9.85. The molecule has 2 aromatic rings. The van der Waals surface area contributed by atoms with Gasteiger partial charge in [-0.05, 0) is 12.1 Å². The van der Waals surface area contributed by atoms with Crippen LogP contribution in [-0.4, -0.2) is 26.5 Å². The van der Waals surface area contributed by atoms with E-state index < -0.39 is 4.92 Å². The molecule has 0 saturated carbocycles. The summed E-state index contributed by atoms with van der Waals surface area (Å²) in [4.78, 5) is 10.1. The molecule has 0 amide bonds. The molecule has 0 aliphatic rings. The van der Waals surface area contributed by atoms with Crippen molar-refractivity contribution >= 4 is 11.4 Å². The molecule has 0 fully saturated rings. The summed E-state index contributed by atoms with van der Waals surface area (Å²) in [5.74, 6) is 0. The molecule has 0 radical (unpaired) electrons. The molecule has 19 heavy (non-hydrogen) atoms. The summed E-state index contributed by atoms with van der Waals surface area (Å²) < 4.78 is 1.66. The number of hydrogen-bond acceptors (Lipinski definition) is 6. The number of nitriles is 1. The van der Waals surface area contributed by atoms with E-state index in [0.717, 1.165) is 0 Å². The topological polar surface area (TPSA) is 110 Å². The highest BCUT2D eigenvalue weighted by Crippen LogP contribution is 2.21. The molecule has 0 bridgehead atoms. The highest BCUT2D eigenvalue weighted by molar-refractivity contribution is 5.58. The molecule has 0 atom stereocenters. The molecule has 0 spiro atoms. The molecule has 0 saturated heterocycles. The van der Waals surface area contributed by atoms with Crippen LogP contribution in [0.4, 0.5) is 11.4 Å². The largest absolute Gasteiger partial charge is 0.383 e. The molecule has 1 aromatic carbocycles. The number of aromatic nitrogens is 3. The van der Waals surface area contributed by atoms with Crippen LogP contribution in [-0.2, 0) is 6.54 Å². The van der Waals surface area contributed by atoms with E-state index in [9.17, 15) is 10.1 Å². The van der Waals surface area contributed by atoms with Gasteiger partial charge in [-0.25, -0.2) is 0 Å². The summed E-state index contributed by atoms with van der Waals surface area (Å²) in [6, 6.07) is 6.16. The monoisotopic (exact) mass is 258 g/mol. The maximum Gasteiger partial charge on any atom is 0.287 e. The lowest BCUT2D eigenvalue weighted by atomic mass is 10.2. The van der Waals surface area contributed by atoms with Crippen LogP contribution in [0.1, 0.15) is 5.56 Å². The molecule has 0 unspecified atom stereocenters. The molecule has 0 aliphatic heterocycles. The second-order valence-corrected chi connectivity index (χ2v) is 3.69. The van der Waals surface area contributed by atoms with E-state index in [1.807, 2.05) is 6.07 Å². The third-order valence-electron chi connectivity index (χ3n) is 2.46. The van der Waals surface area contributed by atoms with Crippen LogP contribution >= 0.6 is 0 Å². The van der Waals surface area contributed by atoms with E-state index in [1.165, 1.54) is 12.1 Å². The second kappa shape index (κ2) is 5.59. The van der Waals surface area contributed by atoms with Crippen molar-refractivity contribution in [1.82, 2.24) is 15.0 Å². The minimum atomic E-state index is -0.572. The highest BCUT2D eigenvalue weighted by atomic mass is 16.6. The lowest BCUT2D eigenvalue weighted by Gasteiger charge is -2.06. The van der Waals surface area contributed by atoms with E-state index >= 15 is 0 Å². The summed E-state index contributed by atoms with van der Waals surface area (Å²) in [5, 5.41) is 30.1. The Kier molecular flexibility index (Phi) is 3.68. The van der Waals surface area contributed by atoms with Gasteiger partial charge in [0.1, 0.15) is 11.6 Å². The first-order chi connectivity index (χ1) is 9.20. The lowest BCUT2D eigenvalue weighted by molar-refractivity contribution is -0.385. The normalized spacial score (nSPS) is 9.84. The van der Waals surface area contributed by atoms with Crippen molar-refractivity contribution in [2.24, 2.45) is 0 Å². The number of nitro benzene ring substituents is 1. The summed E-state index contributed by atoms with van der Waals surface area (Å²) in [6.45, 7) is 1.19. The summed E-state index contributed by atoms with van der Waals surface area (Å²) in [7, 11) is 0. The van der Waals surface area contributed by atoms with Crippen molar-refractivity contribution in [3.05, 3.63) is 46.3 Å². The summed E-state index contributed by atoms with van der Waals surface area (Å²) in [6.07, 6.45) is 3.32. The van der Waals surface area contributed by atoms with E-state index in [1.54, 1.807) is 23.1 Å². The predicted octanol–water partition coefficient (Wildman–Crippen LogP) is 1.17. The van der Waals surface area contributed by atoms with Crippen LogP contribution in [0.2, 0.25) is 0 Å². The van der Waals surface area contributed by atoms with Crippen molar-refractivity contribution in [3.8, 4) is 6.07 Å². The Morgan fingerprint density at radius 3 is 3.00 bits per heavy atom. The second-order valence-electron chi connectivity index (χ2n) is 3.69. The van der Waals surface area contributed by atoms with Crippen LogP contribution < -0.4 is 5.32 Å². The maximum atomic E-state index is 10.7. The van der Waals surface area contributed by atoms with Gasteiger partial charge in [-0.15, -0.1) is 5.10 Å². The van der Waals surface area contributed by atoms with Gasteiger partial charge in [-0.1, -0.05) is 5.21 Å². The Labute approximate surface area is 108 Å². The van der Waals surface area contributed by atoms with Crippen molar-refractivity contribution < 1.29 is 4.92 Å². The zero-order chi connectivity index (χ0) is 13.7. The average Bonchev–Trinajstić information content (AvgIpc) is 2.91. The third-order valence-corrected chi connectivity index (χ3v) is 2.46. The third kappa shape index (κ3) is 3.04. The minimum absolute atomic E-state index is 0.0377. The number of hydrogen-bond donors (Lipinski definition) is 1. The van der Waals surface area contributed by atoms with Gasteiger partial charge in [0.15, 0.2) is 0 Å². The molecule has 2 rings (SSSR count). The van der Waals surface area contributed by atoms with Gasteiger partial charge in [0.25, 0.3) is 5.69 Å². The fourth-order valence-corrected chi connectivity index (χ4v) is 1.56. The molecule has 96 valence electrons. The standard InChI is InChI=1S/C11H10N6O2/c12-8-9-7-10(1-2-11(9)17(18)19)13-3-5-16-6-4-14-15-16/h1-2,4,6-7,13H,3,5H2. The summed E-state index contributed by atoms with van der Waals surface area (Å²) in [5.41, 5.74) is 0.502. The Bertz CT molecular complexity index is 617. The number of nitro groups is 1. The molecule has 0 aliphatic carbocycles. The Balaban J connectivity index is 2.01. The molecule has 8 nitrogen and oxygen atoms in total. The fourth-order valence-electron chi connectivity index (χ4n) is 1.56. The average molecular weight is 258 g/mol. The summed E-state index contributed by atoms with van der Waals surface area (Å²) >= 11 is 0. The molecule has 8 heteroatoms. The Morgan fingerprint density at radius 1 is 1.53 bits per heavy atom. The van der Waals surface area contributed by atoms with Gasteiger partial charge in [-0.3, -0.25) is 14.8 Å². The van der Waals surface area contributed by atoms with Crippen molar-refractivity contribution in [2.45, 2.75) is 6.54 Å². The molecular weight excluding hydrogens is 248 g/mol. The minimum Gasteiger partial charge on any atom is -0.383 e. The van der Waals surface area contributed by atoms with Crippen LogP contribution in [0, 0.1) is 21.4 Å². The van der Waals surface area contributed by atoms with Gasteiger partial charge in [0, 0.05) is 24.5 Å². The van der Waals surface area contributed by atoms with E-state index in [0.29, 0.717) is 18.8 Å². The molecular formula is C11H10N6O2. The number of benzene rings is 1. The molecule has 1 heterocycles. The van der Waals surface area contributed by atoms with Crippen LogP contribution in [0.3, 0.4) is 0 Å². The highest BCUT2D eigenvalue weighted by Gasteiger charge is 2.13. The lowest BCUT2D eigenvalue weighted by Crippen LogP contribution is -2.11. The van der Waals surface area contributed by atoms with Gasteiger partial charge < -0.3 is 5.32 Å². The number of rotatable bonds is 5. The van der Waals surface area contributed by atoms with E-state index in [-0.39, 0.29) is 11.3 Å². The number of nitrogens with zero attached hydrogens (tertiary/aromatic N) is 5. The van der Waals surface area contributed by atoms with E-state index in [4.69, 9.17) is 5.26 Å². The first-order valence-corrected chi connectivity index (χ1v) is 5.47. The number of anilines is 1. The van der Waals surface area contributed by atoms with Crippen molar-refractivity contribution in [1.29, 1.82) is 5.26 Å². The van der Waals surface area contributed by atoms with Gasteiger partial charge in [-0.2, -0.15) is 5.26 Å². The van der Waals surface area contributed by atoms with Crippen molar-refractivity contribution in [3.63, 3.8) is 0 Å². The SMILES string of the molecule is N#Cc1cc(NCCn2ccnn2)ccc1[N+](=O)[O-]. The number of nitrogens with one attached hydrogen (secondary N) is 1. The Hall–Kier alpha value is -2.95. The van der Waals surface area contributed by atoms with Gasteiger partial charge in [0.2, 0.25) is 0 Å². The quantitative estimate of drug-likeness (QED) is 0.636.